The zero-order valence-corrected chi connectivity index (χ0v) is 8.43. The molecule has 1 aromatic carbocycles. The van der Waals surface area contributed by atoms with E-state index in [0.717, 1.165) is 22.3 Å². The van der Waals surface area contributed by atoms with Crippen molar-refractivity contribution < 1.29 is 9.90 Å². The molecule has 0 heterocycles. The van der Waals surface area contributed by atoms with Crippen molar-refractivity contribution in [1.82, 2.24) is 0 Å². The van der Waals surface area contributed by atoms with E-state index in [0.29, 0.717) is 5.56 Å². The Kier molecular flexibility index (Phi) is 4.38. The van der Waals surface area contributed by atoms with Crippen molar-refractivity contribution in [3.63, 3.8) is 0 Å². The van der Waals surface area contributed by atoms with E-state index in [9.17, 15) is 4.79 Å². The number of carboxylic acid groups (broad SMARTS) is 1. The fraction of sp³-hybridized carbons (Fsp3) is 0.364. The van der Waals surface area contributed by atoms with E-state index in [-0.39, 0.29) is 17.4 Å². The molecule has 0 aromatic heterocycles. The predicted molar refractivity (Wildman–Crippen MR) is 62.3 cm³/mol. The van der Waals surface area contributed by atoms with E-state index in [4.69, 9.17) is 5.11 Å². The summed E-state index contributed by atoms with van der Waals surface area (Å²) in [6.45, 7) is 7.58. The van der Waals surface area contributed by atoms with E-state index < -0.39 is 5.97 Å². The van der Waals surface area contributed by atoms with Gasteiger partial charge in [0.05, 0.1) is 5.56 Å². The molecule has 3 heteroatoms. The Balaban J connectivity index is 0.00000169. The van der Waals surface area contributed by atoms with Crippen molar-refractivity contribution >= 4 is 23.3 Å². The topological polar surface area (TPSA) is 37.3 Å². The average molecular weight is 208 g/mol. The zero-order valence-electron chi connectivity index (χ0n) is 8.43. The first-order chi connectivity index (χ1) is 5.95. The molecule has 0 radical (unpaired) electrons. The van der Waals surface area contributed by atoms with E-state index in [1.807, 2.05) is 33.8 Å². The second-order valence-corrected chi connectivity index (χ2v) is 3.44. The lowest BCUT2D eigenvalue weighted by Crippen LogP contribution is -2.06. The third-order valence-electron chi connectivity index (χ3n) is 2.58. The minimum Gasteiger partial charge on any atom is -0.478 e. The highest BCUT2D eigenvalue weighted by atomic mass is 27.0. The quantitative estimate of drug-likeness (QED) is 0.709. The number of hydrogen-bond acceptors (Lipinski definition) is 1. The normalized spacial score (nSPS) is 9.43. The Labute approximate surface area is 95.1 Å². The van der Waals surface area contributed by atoms with Gasteiger partial charge in [0, 0.05) is 0 Å². The monoisotopic (exact) mass is 208 g/mol. The molecule has 0 saturated heterocycles. The summed E-state index contributed by atoms with van der Waals surface area (Å²) in [6.07, 6.45) is 0. The molecule has 1 rings (SSSR count). The average Bonchev–Trinajstić information content (AvgIpc) is 2.01. The van der Waals surface area contributed by atoms with Crippen LogP contribution in [0.5, 0.6) is 0 Å². The molecular formula is C11H17AlO2. The van der Waals surface area contributed by atoms with Crippen molar-refractivity contribution in [1.29, 1.82) is 0 Å². The number of carbonyl (C=O) groups is 1. The van der Waals surface area contributed by atoms with Gasteiger partial charge in [-0.3, -0.25) is 0 Å². The molecule has 0 spiro atoms. The van der Waals surface area contributed by atoms with E-state index in [1.54, 1.807) is 0 Å². The van der Waals surface area contributed by atoms with Crippen molar-refractivity contribution in [3.05, 3.63) is 33.9 Å². The largest absolute Gasteiger partial charge is 0.478 e. The molecule has 0 aliphatic heterocycles. The number of rotatable bonds is 1. The van der Waals surface area contributed by atoms with Gasteiger partial charge in [-0.2, -0.15) is 0 Å². The van der Waals surface area contributed by atoms with Crippen LogP contribution < -0.4 is 0 Å². The number of benzene rings is 1. The Morgan fingerprint density at radius 3 is 1.71 bits per heavy atom. The first-order valence-electron chi connectivity index (χ1n) is 4.26. The summed E-state index contributed by atoms with van der Waals surface area (Å²) in [4.78, 5) is 10.9. The standard InChI is InChI=1S/C11H14O2.Al.3H/c1-6-5-7(2)9(4)10(8(6)3)11(12)13;;;;/h5H,1-4H3,(H,12,13);;;;. The van der Waals surface area contributed by atoms with E-state index >= 15 is 0 Å². The third-order valence-corrected chi connectivity index (χ3v) is 2.58. The molecule has 0 saturated carbocycles. The van der Waals surface area contributed by atoms with Crippen LogP contribution >= 0.6 is 0 Å². The van der Waals surface area contributed by atoms with Crippen molar-refractivity contribution in [2.24, 2.45) is 0 Å². The van der Waals surface area contributed by atoms with Crippen LogP contribution in [0.2, 0.25) is 0 Å². The Morgan fingerprint density at radius 1 is 1.07 bits per heavy atom. The summed E-state index contributed by atoms with van der Waals surface area (Å²) in [5.41, 5.74) is 4.28. The van der Waals surface area contributed by atoms with Gasteiger partial charge in [-0.1, -0.05) is 6.07 Å². The number of aromatic carboxylic acids is 1. The molecule has 0 atom stereocenters. The fourth-order valence-corrected chi connectivity index (χ4v) is 1.54. The molecule has 0 aliphatic carbocycles. The fourth-order valence-electron chi connectivity index (χ4n) is 1.54. The maximum atomic E-state index is 10.9. The predicted octanol–water partition coefficient (Wildman–Crippen LogP) is 1.43. The van der Waals surface area contributed by atoms with Gasteiger partial charge in [-0.05, 0) is 49.9 Å². The number of hydrogen-bond donors (Lipinski definition) is 1. The van der Waals surface area contributed by atoms with Crippen molar-refractivity contribution in [2.75, 3.05) is 0 Å². The Morgan fingerprint density at radius 2 is 1.43 bits per heavy atom. The summed E-state index contributed by atoms with van der Waals surface area (Å²) < 4.78 is 0. The minimum atomic E-state index is -0.832. The van der Waals surface area contributed by atoms with Crippen LogP contribution in [-0.2, 0) is 0 Å². The SMILES string of the molecule is Cc1cc(C)c(C)c(C(=O)O)c1C.[AlH3]. The summed E-state index contributed by atoms with van der Waals surface area (Å²) in [5, 5.41) is 9.00. The zero-order chi connectivity index (χ0) is 10.2. The second-order valence-electron chi connectivity index (χ2n) is 3.44. The smallest absolute Gasteiger partial charge is 0.336 e. The van der Waals surface area contributed by atoms with Crippen LogP contribution in [0, 0.1) is 27.7 Å². The number of aryl methyl sites for hydroxylation is 2. The van der Waals surface area contributed by atoms with Crippen LogP contribution in [0.25, 0.3) is 0 Å². The van der Waals surface area contributed by atoms with Gasteiger partial charge in [0.15, 0.2) is 17.4 Å². The summed E-state index contributed by atoms with van der Waals surface area (Å²) in [7, 11) is 0. The molecule has 0 amide bonds. The van der Waals surface area contributed by atoms with Crippen LogP contribution in [0.4, 0.5) is 0 Å². The molecular weight excluding hydrogens is 191 g/mol. The van der Waals surface area contributed by atoms with Gasteiger partial charge >= 0.3 is 5.97 Å². The van der Waals surface area contributed by atoms with E-state index in [2.05, 4.69) is 0 Å². The van der Waals surface area contributed by atoms with Gasteiger partial charge in [-0.15, -0.1) is 0 Å². The molecule has 2 nitrogen and oxygen atoms in total. The van der Waals surface area contributed by atoms with Crippen LogP contribution in [0.1, 0.15) is 32.6 Å². The maximum Gasteiger partial charge on any atom is 0.336 e. The second kappa shape index (κ2) is 4.64. The lowest BCUT2D eigenvalue weighted by molar-refractivity contribution is 0.0695. The Hall–Kier alpha value is -0.778. The third kappa shape index (κ3) is 2.17. The molecule has 0 bridgehead atoms. The minimum absolute atomic E-state index is 0. The molecule has 0 unspecified atom stereocenters. The van der Waals surface area contributed by atoms with Gasteiger partial charge in [0.25, 0.3) is 0 Å². The summed E-state index contributed by atoms with van der Waals surface area (Å²) in [5.74, 6) is -0.832. The first kappa shape index (κ1) is 13.2. The highest BCUT2D eigenvalue weighted by Crippen LogP contribution is 2.21. The maximum absolute atomic E-state index is 10.9. The highest BCUT2D eigenvalue weighted by Gasteiger charge is 2.13. The number of carboxylic acids is 1. The van der Waals surface area contributed by atoms with Gasteiger partial charge in [-0.25, -0.2) is 4.79 Å². The van der Waals surface area contributed by atoms with Crippen LogP contribution in [0.15, 0.2) is 6.07 Å². The molecule has 0 aliphatic rings. The lowest BCUT2D eigenvalue weighted by Gasteiger charge is -2.11. The van der Waals surface area contributed by atoms with Gasteiger partial charge in [0.2, 0.25) is 0 Å². The highest BCUT2D eigenvalue weighted by molar-refractivity contribution is 5.91. The summed E-state index contributed by atoms with van der Waals surface area (Å²) >= 11 is 0. The molecule has 14 heavy (non-hydrogen) atoms. The molecule has 0 fully saturated rings. The van der Waals surface area contributed by atoms with Gasteiger partial charge < -0.3 is 5.11 Å². The van der Waals surface area contributed by atoms with Crippen LogP contribution in [0.3, 0.4) is 0 Å². The lowest BCUT2D eigenvalue weighted by atomic mass is 9.94. The first-order valence-corrected chi connectivity index (χ1v) is 4.26. The summed E-state index contributed by atoms with van der Waals surface area (Å²) in [6, 6.07) is 2.02. The molecule has 1 aromatic rings. The van der Waals surface area contributed by atoms with Crippen molar-refractivity contribution in [3.8, 4) is 0 Å². The molecule has 1 N–H and O–H groups in total. The van der Waals surface area contributed by atoms with E-state index in [1.165, 1.54) is 0 Å². The van der Waals surface area contributed by atoms with Crippen molar-refractivity contribution in [2.45, 2.75) is 27.7 Å². The van der Waals surface area contributed by atoms with Gasteiger partial charge in [0.1, 0.15) is 0 Å². The molecule has 76 valence electrons. The van der Waals surface area contributed by atoms with Crippen LogP contribution in [-0.4, -0.2) is 28.4 Å². The Bertz CT molecular complexity index is 344.